The van der Waals surface area contributed by atoms with Crippen molar-refractivity contribution >= 4 is 17.5 Å². The lowest BCUT2D eigenvalue weighted by atomic mass is 10.1. The van der Waals surface area contributed by atoms with Gasteiger partial charge in [0.15, 0.2) is 6.04 Å². The highest BCUT2D eigenvalue weighted by Gasteiger charge is 2.25. The van der Waals surface area contributed by atoms with Gasteiger partial charge in [-0.3, -0.25) is 9.69 Å². The van der Waals surface area contributed by atoms with Crippen molar-refractivity contribution in [1.82, 2.24) is 30.4 Å². The van der Waals surface area contributed by atoms with Crippen LogP contribution in [0.25, 0.3) is 11.4 Å². The van der Waals surface area contributed by atoms with Crippen LogP contribution in [0, 0.1) is 5.92 Å². The van der Waals surface area contributed by atoms with Gasteiger partial charge in [0.05, 0.1) is 12.7 Å². The Balaban J connectivity index is 1.57. The van der Waals surface area contributed by atoms with Gasteiger partial charge in [0.25, 0.3) is 0 Å². The van der Waals surface area contributed by atoms with E-state index in [-0.39, 0.29) is 12.0 Å². The van der Waals surface area contributed by atoms with Crippen molar-refractivity contribution in [3.8, 4) is 11.4 Å². The first kappa shape index (κ1) is 21.7. The molecule has 2 heterocycles. The molecular weight excluding hydrogens is 392 g/mol. The third kappa shape index (κ3) is 5.98. The van der Waals surface area contributed by atoms with E-state index in [0.717, 1.165) is 25.2 Å². The first-order valence-corrected chi connectivity index (χ1v) is 10.5. The third-order valence-electron chi connectivity index (χ3n) is 4.85. The van der Waals surface area contributed by atoms with Gasteiger partial charge in [-0.15, -0.1) is 10.2 Å². The van der Waals surface area contributed by atoms with E-state index in [9.17, 15) is 4.79 Å². The van der Waals surface area contributed by atoms with Crippen molar-refractivity contribution in [1.29, 1.82) is 0 Å². The Hall–Kier alpha value is -2.03. The molecule has 2 unspecified atom stereocenters. The number of halogens is 1. The minimum atomic E-state index is -0.515. The Morgan fingerprint density at radius 3 is 2.79 bits per heavy atom. The minimum absolute atomic E-state index is 0.00251. The van der Waals surface area contributed by atoms with Crippen molar-refractivity contribution in [2.24, 2.45) is 5.92 Å². The van der Waals surface area contributed by atoms with Gasteiger partial charge in [-0.2, -0.15) is 4.80 Å². The van der Waals surface area contributed by atoms with Crippen LogP contribution < -0.4 is 5.32 Å². The summed E-state index contributed by atoms with van der Waals surface area (Å²) < 4.78 is 5.81. The number of carbonyl (C=O) groups excluding carboxylic acids is 1. The molecular formula is C20H29ClN6O2. The highest BCUT2D eigenvalue weighted by atomic mass is 35.5. The molecule has 158 valence electrons. The monoisotopic (exact) mass is 420 g/mol. The summed E-state index contributed by atoms with van der Waals surface area (Å²) in [5, 5.41) is 16.2. The molecule has 2 aromatic rings. The van der Waals surface area contributed by atoms with Crippen LogP contribution >= 0.6 is 11.6 Å². The molecule has 1 N–H and O–H groups in total. The van der Waals surface area contributed by atoms with Crippen molar-refractivity contribution in [2.45, 2.75) is 39.3 Å². The number of rotatable bonds is 8. The number of morpholine rings is 1. The molecule has 8 nitrogen and oxygen atoms in total. The number of tetrazole rings is 1. The summed E-state index contributed by atoms with van der Waals surface area (Å²) in [6.45, 7) is 10.3. The minimum Gasteiger partial charge on any atom is -0.374 e. The molecule has 1 amide bonds. The second kappa shape index (κ2) is 10.1. The fourth-order valence-electron chi connectivity index (χ4n) is 3.44. The van der Waals surface area contributed by atoms with E-state index in [4.69, 9.17) is 16.3 Å². The van der Waals surface area contributed by atoms with Crippen LogP contribution in [0.15, 0.2) is 24.3 Å². The number of benzene rings is 1. The summed E-state index contributed by atoms with van der Waals surface area (Å²) in [5.41, 5.74) is 0.803. The van der Waals surface area contributed by atoms with E-state index in [1.54, 1.807) is 12.1 Å². The van der Waals surface area contributed by atoms with E-state index >= 15 is 0 Å². The Bertz CT molecular complexity index is 795. The lowest BCUT2D eigenvalue weighted by Gasteiger charge is -2.34. The summed E-state index contributed by atoms with van der Waals surface area (Å²) in [5.74, 6) is 0.950. The van der Waals surface area contributed by atoms with Gasteiger partial charge >= 0.3 is 0 Å². The zero-order chi connectivity index (χ0) is 20.8. The average Bonchev–Trinajstić information content (AvgIpc) is 3.17. The van der Waals surface area contributed by atoms with Gasteiger partial charge in [0, 0.05) is 36.8 Å². The van der Waals surface area contributed by atoms with E-state index in [0.29, 0.717) is 36.3 Å². The number of hydrogen-bond acceptors (Lipinski definition) is 6. The van der Waals surface area contributed by atoms with Gasteiger partial charge in [-0.1, -0.05) is 32.4 Å². The predicted octanol–water partition coefficient (Wildman–Crippen LogP) is 2.42. The summed E-state index contributed by atoms with van der Waals surface area (Å²) >= 11 is 5.92. The van der Waals surface area contributed by atoms with Crippen molar-refractivity contribution in [3.05, 3.63) is 29.3 Å². The molecule has 1 saturated heterocycles. The molecule has 29 heavy (non-hydrogen) atoms. The van der Waals surface area contributed by atoms with E-state index in [2.05, 4.69) is 39.5 Å². The number of hydrogen-bond donors (Lipinski definition) is 1. The topological polar surface area (TPSA) is 85.2 Å². The summed E-state index contributed by atoms with van der Waals surface area (Å²) in [6.07, 6.45) is 0.560. The summed E-state index contributed by atoms with van der Waals surface area (Å²) in [4.78, 5) is 16.5. The molecule has 1 aliphatic rings. The van der Waals surface area contributed by atoms with E-state index < -0.39 is 6.04 Å². The van der Waals surface area contributed by atoms with Gasteiger partial charge in [-0.05, 0) is 41.8 Å². The Labute approximate surface area is 176 Å². The van der Waals surface area contributed by atoms with Crippen LogP contribution in [-0.4, -0.2) is 69.9 Å². The maximum Gasteiger partial charge on any atom is 0.246 e. The molecule has 1 aliphatic heterocycles. The molecule has 0 aliphatic carbocycles. The molecule has 1 aromatic carbocycles. The largest absolute Gasteiger partial charge is 0.374 e. The van der Waals surface area contributed by atoms with E-state index in [1.807, 2.05) is 19.1 Å². The molecule has 0 spiro atoms. The number of nitrogens with one attached hydrogen (secondary N) is 1. The summed E-state index contributed by atoms with van der Waals surface area (Å²) in [7, 11) is 0. The number of carbonyl (C=O) groups is 1. The lowest BCUT2D eigenvalue weighted by molar-refractivity contribution is -0.126. The highest BCUT2D eigenvalue weighted by Crippen LogP contribution is 2.18. The molecule has 0 bridgehead atoms. The van der Waals surface area contributed by atoms with Crippen LogP contribution in [0.4, 0.5) is 0 Å². The zero-order valence-electron chi connectivity index (χ0n) is 17.2. The first-order valence-electron chi connectivity index (χ1n) is 10.1. The average molecular weight is 421 g/mol. The number of aromatic nitrogens is 4. The van der Waals surface area contributed by atoms with Crippen LogP contribution in [0.2, 0.25) is 5.02 Å². The molecule has 1 aromatic heterocycles. The van der Waals surface area contributed by atoms with Crippen LogP contribution in [-0.2, 0) is 9.53 Å². The molecule has 0 saturated carbocycles. The maximum absolute atomic E-state index is 12.7. The summed E-state index contributed by atoms with van der Waals surface area (Å²) in [6, 6.07) is 6.68. The number of nitrogens with zero attached hydrogens (tertiary/aromatic N) is 5. The molecule has 2 atom stereocenters. The molecule has 0 radical (unpaired) electrons. The quantitative estimate of drug-likeness (QED) is 0.705. The standard InChI is InChI=1S/C20H29ClN6O2/c1-4-18(27-24-19(23-25-27)15-5-7-16(21)8-6-15)20(28)22-11-17-13-26(9-10-29-17)12-14(2)3/h5-8,14,17-18H,4,9-13H2,1-3H3,(H,22,28). The smallest absolute Gasteiger partial charge is 0.246 e. The molecule has 1 fully saturated rings. The van der Waals surface area contributed by atoms with Gasteiger partial charge in [-0.25, -0.2) is 0 Å². The number of amides is 1. The molecule has 9 heteroatoms. The van der Waals surface area contributed by atoms with Crippen molar-refractivity contribution in [2.75, 3.05) is 32.8 Å². The molecule has 3 rings (SSSR count). The fraction of sp³-hybridized carbons (Fsp3) is 0.600. The van der Waals surface area contributed by atoms with Gasteiger partial charge in [0.1, 0.15) is 0 Å². The van der Waals surface area contributed by atoms with Gasteiger partial charge < -0.3 is 10.1 Å². The predicted molar refractivity (Wildman–Crippen MR) is 112 cm³/mol. The first-order chi connectivity index (χ1) is 14.0. The van der Waals surface area contributed by atoms with Crippen molar-refractivity contribution < 1.29 is 9.53 Å². The zero-order valence-corrected chi connectivity index (χ0v) is 18.0. The van der Waals surface area contributed by atoms with Crippen molar-refractivity contribution in [3.63, 3.8) is 0 Å². The second-order valence-electron chi connectivity index (χ2n) is 7.76. The SMILES string of the molecule is CCC(C(=O)NCC1CN(CC(C)C)CCO1)n1nnc(-c2ccc(Cl)cc2)n1. The van der Waals surface area contributed by atoms with Crippen LogP contribution in [0.3, 0.4) is 0 Å². The third-order valence-corrected chi connectivity index (χ3v) is 5.10. The van der Waals surface area contributed by atoms with Gasteiger partial charge in [0.2, 0.25) is 11.7 Å². The Morgan fingerprint density at radius 1 is 1.34 bits per heavy atom. The van der Waals surface area contributed by atoms with Crippen LogP contribution in [0.5, 0.6) is 0 Å². The fourth-order valence-corrected chi connectivity index (χ4v) is 3.57. The number of ether oxygens (including phenoxy) is 1. The normalized spacial score (nSPS) is 18.7. The highest BCUT2D eigenvalue weighted by molar-refractivity contribution is 6.30. The maximum atomic E-state index is 12.7. The lowest BCUT2D eigenvalue weighted by Crippen LogP contribution is -2.49. The van der Waals surface area contributed by atoms with E-state index in [1.165, 1.54) is 4.80 Å². The second-order valence-corrected chi connectivity index (χ2v) is 8.19. The van der Waals surface area contributed by atoms with Crippen LogP contribution in [0.1, 0.15) is 33.2 Å². The Morgan fingerprint density at radius 2 is 2.10 bits per heavy atom. The Kier molecular flexibility index (Phi) is 7.57.